The van der Waals surface area contributed by atoms with Gasteiger partial charge in [-0.05, 0) is 56.6 Å². The summed E-state index contributed by atoms with van der Waals surface area (Å²) in [6.07, 6.45) is 6.65. The smallest absolute Gasteiger partial charge is 0.0960 e. The van der Waals surface area contributed by atoms with Crippen LogP contribution < -0.4 is 5.32 Å². The Balaban J connectivity index is 1.75. The molecule has 1 aromatic rings. The van der Waals surface area contributed by atoms with Crippen LogP contribution in [0, 0.1) is 19.8 Å². The van der Waals surface area contributed by atoms with E-state index in [2.05, 4.69) is 44.3 Å². The van der Waals surface area contributed by atoms with Gasteiger partial charge in [-0.25, -0.2) is 0 Å². The summed E-state index contributed by atoms with van der Waals surface area (Å²) < 4.78 is 6.67. The average Bonchev–Trinajstić information content (AvgIpc) is 2.51. The molecular formula is C19H29NO. The highest BCUT2D eigenvalue weighted by atomic mass is 16.5. The lowest BCUT2D eigenvalue weighted by Gasteiger charge is -2.46. The molecule has 21 heavy (non-hydrogen) atoms. The summed E-state index contributed by atoms with van der Waals surface area (Å²) in [4.78, 5) is 0. The van der Waals surface area contributed by atoms with Gasteiger partial charge in [0, 0.05) is 13.1 Å². The minimum Gasteiger partial charge on any atom is -0.364 e. The van der Waals surface area contributed by atoms with E-state index >= 15 is 0 Å². The molecule has 1 aliphatic heterocycles. The number of hydrogen-bond acceptors (Lipinski definition) is 2. The van der Waals surface area contributed by atoms with Gasteiger partial charge in [-0.1, -0.05) is 37.1 Å². The molecule has 2 nitrogen and oxygen atoms in total. The van der Waals surface area contributed by atoms with Gasteiger partial charge >= 0.3 is 0 Å². The third-order valence-electron chi connectivity index (χ3n) is 5.54. The number of aryl methyl sites for hydroxylation is 2. The van der Waals surface area contributed by atoms with Crippen LogP contribution in [-0.2, 0) is 4.74 Å². The van der Waals surface area contributed by atoms with Crippen LogP contribution in [0.15, 0.2) is 18.2 Å². The Morgan fingerprint density at radius 1 is 1.24 bits per heavy atom. The number of benzene rings is 1. The van der Waals surface area contributed by atoms with Crippen LogP contribution >= 0.6 is 0 Å². The highest BCUT2D eigenvalue weighted by Crippen LogP contribution is 2.41. The van der Waals surface area contributed by atoms with Crippen molar-refractivity contribution in [2.75, 3.05) is 13.1 Å². The predicted molar refractivity (Wildman–Crippen MR) is 87.6 cm³/mol. The molecule has 1 unspecified atom stereocenters. The number of ether oxygens (including phenoxy) is 1. The Morgan fingerprint density at radius 2 is 2.00 bits per heavy atom. The van der Waals surface area contributed by atoms with E-state index in [4.69, 9.17) is 4.74 Å². The topological polar surface area (TPSA) is 21.3 Å². The van der Waals surface area contributed by atoms with Gasteiger partial charge in [0.25, 0.3) is 0 Å². The van der Waals surface area contributed by atoms with Crippen molar-refractivity contribution < 1.29 is 4.74 Å². The summed E-state index contributed by atoms with van der Waals surface area (Å²) in [6.45, 7) is 8.67. The summed E-state index contributed by atoms with van der Waals surface area (Å²) in [6, 6.07) is 6.72. The lowest BCUT2D eigenvalue weighted by atomic mass is 9.76. The largest absolute Gasteiger partial charge is 0.364 e. The quantitative estimate of drug-likeness (QED) is 0.875. The van der Waals surface area contributed by atoms with Crippen molar-refractivity contribution in [3.8, 4) is 0 Å². The zero-order valence-corrected chi connectivity index (χ0v) is 13.7. The number of nitrogens with one attached hydrogen (secondary N) is 1. The second-order valence-corrected chi connectivity index (χ2v) is 7.13. The van der Waals surface area contributed by atoms with Crippen molar-refractivity contribution in [2.24, 2.45) is 5.92 Å². The molecule has 2 heteroatoms. The van der Waals surface area contributed by atoms with Crippen molar-refractivity contribution in [3.63, 3.8) is 0 Å². The van der Waals surface area contributed by atoms with Gasteiger partial charge in [0.2, 0.25) is 0 Å². The third-order valence-corrected chi connectivity index (χ3v) is 5.54. The van der Waals surface area contributed by atoms with Crippen molar-refractivity contribution >= 4 is 0 Å². The first-order valence-corrected chi connectivity index (χ1v) is 8.57. The third kappa shape index (κ3) is 3.17. The van der Waals surface area contributed by atoms with Crippen LogP contribution in [0.25, 0.3) is 0 Å². The van der Waals surface area contributed by atoms with Crippen LogP contribution in [0.1, 0.15) is 61.8 Å². The van der Waals surface area contributed by atoms with Crippen LogP contribution in [0.3, 0.4) is 0 Å². The monoisotopic (exact) mass is 287 g/mol. The molecular weight excluding hydrogens is 258 g/mol. The van der Waals surface area contributed by atoms with Gasteiger partial charge in [-0.15, -0.1) is 0 Å². The van der Waals surface area contributed by atoms with E-state index in [1.54, 1.807) is 0 Å². The molecule has 0 aromatic heterocycles. The fourth-order valence-electron chi connectivity index (χ4n) is 4.00. The maximum Gasteiger partial charge on any atom is 0.0960 e. The van der Waals surface area contributed by atoms with Crippen LogP contribution in [0.2, 0.25) is 0 Å². The number of rotatable bonds is 2. The van der Waals surface area contributed by atoms with Gasteiger partial charge in [0.15, 0.2) is 0 Å². The molecule has 3 rings (SSSR count). The minimum atomic E-state index is 0.0881. The summed E-state index contributed by atoms with van der Waals surface area (Å²) >= 11 is 0. The molecule has 1 spiro atoms. The molecule has 2 aliphatic rings. The van der Waals surface area contributed by atoms with Crippen LogP contribution in [0.4, 0.5) is 0 Å². The van der Waals surface area contributed by atoms with Gasteiger partial charge in [0.05, 0.1) is 11.7 Å². The highest BCUT2D eigenvalue weighted by Gasteiger charge is 2.40. The van der Waals surface area contributed by atoms with E-state index in [1.807, 2.05) is 0 Å². The molecule has 1 atom stereocenters. The molecule has 1 saturated heterocycles. The zero-order valence-electron chi connectivity index (χ0n) is 13.7. The second-order valence-electron chi connectivity index (χ2n) is 7.13. The Kier molecular flexibility index (Phi) is 4.37. The summed E-state index contributed by atoms with van der Waals surface area (Å²) in [5, 5.41) is 3.65. The van der Waals surface area contributed by atoms with Gasteiger partial charge in [-0.3, -0.25) is 0 Å². The van der Waals surface area contributed by atoms with Crippen molar-refractivity contribution in [2.45, 2.75) is 64.6 Å². The van der Waals surface area contributed by atoms with Crippen LogP contribution in [-0.4, -0.2) is 18.7 Å². The lowest BCUT2D eigenvalue weighted by Crippen LogP contribution is -2.52. The first kappa shape index (κ1) is 15.1. The molecule has 116 valence electrons. The first-order valence-electron chi connectivity index (χ1n) is 8.57. The standard InChI is InChI=1S/C19H29NO/c1-4-16-7-9-19(10-8-16)13-20-12-18(21-19)17-11-14(2)5-6-15(17)3/h5-6,11,16,18,20H,4,7-10,12-13H2,1-3H3. The molecule has 0 bridgehead atoms. The Bertz CT molecular complexity index is 488. The molecule has 0 amide bonds. The molecule has 2 fully saturated rings. The Hall–Kier alpha value is -0.860. The van der Waals surface area contributed by atoms with Crippen molar-refractivity contribution in [1.82, 2.24) is 5.32 Å². The summed E-state index contributed by atoms with van der Waals surface area (Å²) in [7, 11) is 0. The van der Waals surface area contributed by atoms with E-state index < -0.39 is 0 Å². The highest BCUT2D eigenvalue weighted by molar-refractivity contribution is 5.33. The van der Waals surface area contributed by atoms with Gasteiger partial charge < -0.3 is 10.1 Å². The summed E-state index contributed by atoms with van der Waals surface area (Å²) in [5.41, 5.74) is 4.14. The van der Waals surface area contributed by atoms with E-state index in [0.29, 0.717) is 0 Å². The average molecular weight is 287 g/mol. The molecule has 1 N–H and O–H groups in total. The van der Waals surface area contributed by atoms with Crippen molar-refractivity contribution in [1.29, 1.82) is 0 Å². The first-order chi connectivity index (χ1) is 10.1. The summed E-state index contributed by atoms with van der Waals surface area (Å²) in [5.74, 6) is 0.917. The lowest BCUT2D eigenvalue weighted by molar-refractivity contribution is -0.141. The van der Waals surface area contributed by atoms with E-state index in [1.165, 1.54) is 48.8 Å². The Morgan fingerprint density at radius 3 is 2.71 bits per heavy atom. The zero-order chi connectivity index (χ0) is 14.9. The molecule has 1 saturated carbocycles. The Labute approximate surface area is 129 Å². The fourth-order valence-corrected chi connectivity index (χ4v) is 4.00. The second kappa shape index (κ2) is 6.10. The minimum absolute atomic E-state index is 0.0881. The SMILES string of the molecule is CCC1CCC2(CC1)CNCC(c1cc(C)ccc1C)O2. The molecule has 1 aromatic carbocycles. The van der Waals surface area contributed by atoms with Gasteiger partial charge in [0.1, 0.15) is 0 Å². The van der Waals surface area contributed by atoms with Gasteiger partial charge in [-0.2, -0.15) is 0 Å². The molecule has 0 radical (unpaired) electrons. The van der Waals surface area contributed by atoms with Crippen LogP contribution in [0.5, 0.6) is 0 Å². The molecule has 1 heterocycles. The molecule has 1 aliphatic carbocycles. The van der Waals surface area contributed by atoms with E-state index in [0.717, 1.165) is 19.0 Å². The normalized spacial score (nSPS) is 33.3. The predicted octanol–water partition coefficient (Wildman–Crippen LogP) is 4.30. The maximum atomic E-state index is 6.67. The van der Waals surface area contributed by atoms with E-state index in [-0.39, 0.29) is 11.7 Å². The van der Waals surface area contributed by atoms with Crippen molar-refractivity contribution in [3.05, 3.63) is 34.9 Å². The number of morpholine rings is 1. The fraction of sp³-hybridized carbons (Fsp3) is 0.684. The number of hydrogen-bond donors (Lipinski definition) is 1. The maximum absolute atomic E-state index is 6.67. The van der Waals surface area contributed by atoms with E-state index in [9.17, 15) is 0 Å².